The van der Waals surface area contributed by atoms with Crippen molar-refractivity contribution in [3.63, 3.8) is 0 Å². The summed E-state index contributed by atoms with van der Waals surface area (Å²) in [4.78, 5) is 5.09. The number of hydrogen-bond acceptors (Lipinski definition) is 3. The van der Waals surface area contributed by atoms with Gasteiger partial charge in [-0.05, 0) is 36.4 Å². The predicted octanol–water partition coefficient (Wildman–Crippen LogP) is 4.96. The van der Waals surface area contributed by atoms with E-state index in [-0.39, 0.29) is 11.7 Å². The molecule has 2 aromatic rings. The van der Waals surface area contributed by atoms with E-state index in [2.05, 4.69) is 4.99 Å². The maximum Gasteiger partial charge on any atom is 0.416 e. The van der Waals surface area contributed by atoms with Gasteiger partial charge in [0.25, 0.3) is 0 Å². The SMILES string of the molecule is N#Cc1ccc(Sc2cccc(C(F)(F)F)c2)c(N=C(N)CCl)c1. The first-order valence-corrected chi connectivity index (χ1v) is 7.97. The van der Waals surface area contributed by atoms with Gasteiger partial charge >= 0.3 is 6.18 Å². The molecule has 0 aromatic heterocycles. The normalized spacial score (nSPS) is 12.0. The highest BCUT2D eigenvalue weighted by atomic mass is 35.5. The molecule has 2 rings (SSSR count). The molecule has 24 heavy (non-hydrogen) atoms. The van der Waals surface area contributed by atoms with Gasteiger partial charge in [0.05, 0.1) is 28.8 Å². The number of rotatable bonds is 4. The Hall–Kier alpha value is -2.17. The van der Waals surface area contributed by atoms with E-state index in [9.17, 15) is 13.2 Å². The molecule has 0 unspecified atom stereocenters. The number of nitrogens with zero attached hydrogens (tertiary/aromatic N) is 2. The van der Waals surface area contributed by atoms with Crippen molar-refractivity contribution in [1.82, 2.24) is 0 Å². The third-order valence-corrected chi connectivity index (χ3v) is 4.21. The summed E-state index contributed by atoms with van der Waals surface area (Å²) in [6.45, 7) is 0. The molecule has 0 bridgehead atoms. The molecule has 0 atom stereocenters. The van der Waals surface area contributed by atoms with Crippen molar-refractivity contribution in [1.29, 1.82) is 5.26 Å². The van der Waals surface area contributed by atoms with Gasteiger partial charge < -0.3 is 5.73 Å². The Bertz CT molecular complexity index is 813. The zero-order valence-corrected chi connectivity index (χ0v) is 13.7. The van der Waals surface area contributed by atoms with Gasteiger partial charge in [-0.2, -0.15) is 18.4 Å². The Balaban J connectivity index is 2.41. The van der Waals surface area contributed by atoms with Crippen LogP contribution in [0.25, 0.3) is 0 Å². The molecule has 0 spiro atoms. The number of benzene rings is 2. The fourth-order valence-corrected chi connectivity index (χ4v) is 2.80. The molecule has 8 heteroatoms. The Labute approximate surface area is 145 Å². The van der Waals surface area contributed by atoms with Crippen LogP contribution in [0.1, 0.15) is 11.1 Å². The molecular weight excluding hydrogens is 359 g/mol. The molecular formula is C16H11ClF3N3S. The van der Waals surface area contributed by atoms with Gasteiger partial charge in [-0.15, -0.1) is 11.6 Å². The van der Waals surface area contributed by atoms with Crippen LogP contribution < -0.4 is 5.73 Å². The monoisotopic (exact) mass is 369 g/mol. The molecule has 2 N–H and O–H groups in total. The minimum atomic E-state index is -4.41. The molecule has 0 fully saturated rings. The van der Waals surface area contributed by atoms with E-state index in [0.29, 0.717) is 21.0 Å². The van der Waals surface area contributed by atoms with E-state index in [1.807, 2.05) is 6.07 Å². The standard InChI is InChI=1S/C16H11ClF3N3S/c17-8-15(22)23-13-6-10(9-21)4-5-14(13)24-12-3-1-2-11(7-12)16(18,19)20/h1-7H,8H2,(H2,22,23). The van der Waals surface area contributed by atoms with Crippen LogP contribution in [0.15, 0.2) is 57.2 Å². The van der Waals surface area contributed by atoms with Crippen LogP contribution >= 0.6 is 23.4 Å². The summed E-state index contributed by atoms with van der Waals surface area (Å²) in [5.74, 6) is 0.155. The Morgan fingerprint density at radius 2 is 2.00 bits per heavy atom. The summed E-state index contributed by atoms with van der Waals surface area (Å²) in [5.41, 5.74) is 5.64. The first-order chi connectivity index (χ1) is 11.3. The summed E-state index contributed by atoms with van der Waals surface area (Å²) in [6, 6.07) is 11.6. The highest BCUT2D eigenvalue weighted by molar-refractivity contribution is 7.99. The maximum atomic E-state index is 12.8. The van der Waals surface area contributed by atoms with E-state index in [1.165, 1.54) is 12.1 Å². The van der Waals surface area contributed by atoms with Crippen molar-refractivity contribution in [3.05, 3.63) is 53.6 Å². The molecule has 0 aliphatic carbocycles. The average Bonchev–Trinajstić information content (AvgIpc) is 2.55. The number of halogens is 4. The van der Waals surface area contributed by atoms with E-state index < -0.39 is 11.7 Å². The van der Waals surface area contributed by atoms with Gasteiger partial charge in [-0.25, -0.2) is 4.99 Å². The molecule has 0 saturated carbocycles. The van der Waals surface area contributed by atoms with E-state index >= 15 is 0 Å². The molecule has 0 aliphatic heterocycles. The fraction of sp³-hybridized carbons (Fsp3) is 0.125. The van der Waals surface area contributed by atoms with Crippen molar-refractivity contribution in [2.24, 2.45) is 10.7 Å². The van der Waals surface area contributed by atoms with Crippen LogP contribution in [0.5, 0.6) is 0 Å². The summed E-state index contributed by atoms with van der Waals surface area (Å²) in [5, 5.41) is 8.97. The Morgan fingerprint density at radius 3 is 2.62 bits per heavy atom. The number of hydrogen-bond donors (Lipinski definition) is 1. The average molecular weight is 370 g/mol. The number of aliphatic imine (C=N–C) groups is 1. The molecule has 0 amide bonds. The predicted molar refractivity (Wildman–Crippen MR) is 88.7 cm³/mol. The van der Waals surface area contributed by atoms with Crippen LogP contribution in [0.2, 0.25) is 0 Å². The molecule has 3 nitrogen and oxygen atoms in total. The van der Waals surface area contributed by atoms with Gasteiger partial charge in [0.2, 0.25) is 0 Å². The first kappa shape index (κ1) is 18.2. The van der Waals surface area contributed by atoms with E-state index in [0.717, 1.165) is 23.9 Å². The smallest absolute Gasteiger partial charge is 0.386 e. The van der Waals surface area contributed by atoms with Gasteiger partial charge in [0.1, 0.15) is 5.84 Å². The van der Waals surface area contributed by atoms with Crippen LogP contribution in [0.3, 0.4) is 0 Å². The summed E-state index contributed by atoms with van der Waals surface area (Å²) in [6.07, 6.45) is -4.41. The van der Waals surface area contributed by atoms with Crippen molar-refractivity contribution in [3.8, 4) is 6.07 Å². The Morgan fingerprint density at radius 1 is 1.25 bits per heavy atom. The van der Waals surface area contributed by atoms with E-state index in [4.69, 9.17) is 22.6 Å². The summed E-state index contributed by atoms with van der Waals surface area (Å²) >= 11 is 6.71. The van der Waals surface area contributed by atoms with Crippen molar-refractivity contribution in [2.75, 3.05) is 5.88 Å². The first-order valence-electron chi connectivity index (χ1n) is 6.61. The van der Waals surface area contributed by atoms with Crippen molar-refractivity contribution >= 4 is 34.9 Å². The number of amidine groups is 1. The van der Waals surface area contributed by atoms with Gasteiger partial charge in [-0.1, -0.05) is 17.8 Å². The molecule has 0 saturated heterocycles. The number of alkyl halides is 4. The minimum absolute atomic E-state index is 0.00441. The lowest BCUT2D eigenvalue weighted by atomic mass is 10.2. The van der Waals surface area contributed by atoms with Gasteiger partial charge in [-0.3, -0.25) is 0 Å². The summed E-state index contributed by atoms with van der Waals surface area (Å²) in [7, 11) is 0. The quantitative estimate of drug-likeness (QED) is 0.471. The molecule has 2 aromatic carbocycles. The van der Waals surface area contributed by atoms with E-state index in [1.54, 1.807) is 18.2 Å². The van der Waals surface area contributed by atoms with Crippen LogP contribution in [-0.2, 0) is 6.18 Å². The zero-order chi connectivity index (χ0) is 17.7. The fourth-order valence-electron chi connectivity index (χ4n) is 1.81. The van der Waals surface area contributed by atoms with Crippen LogP contribution in [-0.4, -0.2) is 11.7 Å². The van der Waals surface area contributed by atoms with Crippen LogP contribution in [0, 0.1) is 11.3 Å². The molecule has 0 radical (unpaired) electrons. The summed E-state index contributed by atoms with van der Waals surface area (Å²) < 4.78 is 38.4. The highest BCUT2D eigenvalue weighted by Crippen LogP contribution is 2.38. The molecule has 0 aliphatic rings. The number of nitrogens with two attached hydrogens (primary N) is 1. The lowest BCUT2D eigenvalue weighted by molar-refractivity contribution is -0.137. The van der Waals surface area contributed by atoms with Gasteiger partial charge in [0, 0.05) is 9.79 Å². The highest BCUT2D eigenvalue weighted by Gasteiger charge is 2.30. The lowest BCUT2D eigenvalue weighted by Gasteiger charge is -2.10. The second-order valence-corrected chi connectivity index (χ2v) is 6.04. The molecule has 124 valence electrons. The lowest BCUT2D eigenvalue weighted by Crippen LogP contribution is -2.12. The second kappa shape index (κ2) is 7.60. The largest absolute Gasteiger partial charge is 0.416 e. The van der Waals surface area contributed by atoms with Crippen molar-refractivity contribution in [2.45, 2.75) is 16.0 Å². The van der Waals surface area contributed by atoms with Gasteiger partial charge in [0.15, 0.2) is 0 Å². The topological polar surface area (TPSA) is 62.2 Å². The third kappa shape index (κ3) is 4.66. The Kier molecular flexibility index (Phi) is 5.75. The van der Waals surface area contributed by atoms with Crippen molar-refractivity contribution < 1.29 is 13.2 Å². The van der Waals surface area contributed by atoms with Crippen LogP contribution in [0.4, 0.5) is 18.9 Å². The minimum Gasteiger partial charge on any atom is -0.386 e. The number of nitriles is 1. The third-order valence-electron chi connectivity index (χ3n) is 2.88. The second-order valence-electron chi connectivity index (χ2n) is 4.66. The maximum absolute atomic E-state index is 12.8. The molecule has 0 heterocycles. The zero-order valence-electron chi connectivity index (χ0n) is 12.1.